The number of hydrogen-bond donors (Lipinski definition) is 3. The Kier molecular flexibility index (Phi) is 13.8. The average molecular weight is 971 g/mol. The molecule has 4 amide bonds. The second-order valence-electron chi connectivity index (χ2n) is 19.8. The molecule has 2 aliphatic carbocycles. The van der Waals surface area contributed by atoms with Crippen molar-refractivity contribution in [3.63, 3.8) is 0 Å². The molecule has 3 aromatic rings. The number of methoxy groups -OCH3 is 1. The summed E-state index contributed by atoms with van der Waals surface area (Å²) >= 11 is 0. The number of rotatable bonds is 12. The van der Waals surface area contributed by atoms with E-state index in [2.05, 4.69) is 15.0 Å². The van der Waals surface area contributed by atoms with Crippen LogP contribution in [0.15, 0.2) is 54.7 Å². The predicted octanol–water partition coefficient (Wildman–Crippen LogP) is 7.41. The number of ether oxygens (including phenoxy) is 3. The number of sulfonamides is 1. The highest BCUT2D eigenvalue weighted by Crippen LogP contribution is 2.48. The third kappa shape index (κ3) is 9.92. The Bertz CT molecular complexity index is 2570. The van der Waals surface area contributed by atoms with Crippen LogP contribution in [0.25, 0.3) is 22.2 Å². The molecule has 2 aliphatic heterocycles. The molecule has 7 rings (SSSR count). The zero-order chi connectivity index (χ0) is 49.7. The minimum absolute atomic E-state index is 0.0291. The van der Waals surface area contributed by atoms with Crippen molar-refractivity contribution < 1.29 is 60.1 Å². The van der Waals surface area contributed by atoms with Gasteiger partial charge in [0.2, 0.25) is 27.7 Å². The van der Waals surface area contributed by atoms with Crippen molar-refractivity contribution in [2.24, 2.45) is 17.8 Å². The predicted molar refractivity (Wildman–Crippen MR) is 245 cm³/mol. The Balaban J connectivity index is 1.33. The summed E-state index contributed by atoms with van der Waals surface area (Å²) in [5.41, 5.74) is -4.00. The van der Waals surface area contributed by atoms with Crippen molar-refractivity contribution in [1.29, 1.82) is 0 Å². The second-order valence-corrected chi connectivity index (χ2v) is 21.9. The molecule has 0 unspecified atom stereocenters. The molecule has 4 heterocycles. The molecule has 4 aliphatic rings. The summed E-state index contributed by atoms with van der Waals surface area (Å²) in [5.74, 6) is -3.58. The Morgan fingerprint density at radius 3 is 2.38 bits per heavy atom. The third-order valence-corrected chi connectivity index (χ3v) is 16.2. The summed E-state index contributed by atoms with van der Waals surface area (Å²) in [6.45, 7) is 9.83. The fourth-order valence-electron chi connectivity index (χ4n) is 9.35. The van der Waals surface area contributed by atoms with Crippen LogP contribution in [0.4, 0.5) is 18.0 Å². The quantitative estimate of drug-likeness (QED) is 0.152. The van der Waals surface area contributed by atoms with Gasteiger partial charge in [-0.2, -0.15) is 13.2 Å². The smallest absolute Gasteiger partial charge is 0.411 e. The fraction of sp³-hybridized carbons (Fsp3) is 0.583. The number of nitrogens with zero attached hydrogens (tertiary/aromatic N) is 4. The Morgan fingerprint density at radius 1 is 1.07 bits per heavy atom. The van der Waals surface area contributed by atoms with Gasteiger partial charge in [-0.3, -0.25) is 29.0 Å². The van der Waals surface area contributed by atoms with E-state index in [0.29, 0.717) is 73.2 Å². The number of fused-ring (bicyclic) bond motifs is 3. The maximum atomic E-state index is 15.4. The fourth-order valence-corrected chi connectivity index (χ4v) is 10.7. The van der Waals surface area contributed by atoms with E-state index in [0.717, 1.165) is 4.90 Å². The number of benzene rings is 1. The molecule has 1 saturated heterocycles. The van der Waals surface area contributed by atoms with Crippen molar-refractivity contribution in [1.82, 2.24) is 29.8 Å². The van der Waals surface area contributed by atoms with Crippen molar-refractivity contribution in [3.8, 4) is 28.8 Å². The summed E-state index contributed by atoms with van der Waals surface area (Å²) in [6.07, 6.45) is -1.50. The molecule has 3 fully saturated rings. The van der Waals surface area contributed by atoms with Gasteiger partial charge in [-0.25, -0.2) is 18.2 Å². The maximum Gasteiger partial charge on any atom is 0.411 e. The molecule has 2 aromatic heterocycles. The van der Waals surface area contributed by atoms with Crippen LogP contribution in [0, 0.1) is 17.8 Å². The van der Waals surface area contributed by atoms with Gasteiger partial charge in [-0.1, -0.05) is 32.4 Å². The first-order valence-electron chi connectivity index (χ1n) is 23.1. The van der Waals surface area contributed by atoms with Crippen molar-refractivity contribution in [2.45, 2.75) is 146 Å². The molecule has 7 atom stereocenters. The number of alkyl halides is 3. The van der Waals surface area contributed by atoms with E-state index < -0.39 is 92.4 Å². The summed E-state index contributed by atoms with van der Waals surface area (Å²) < 4.78 is 90.6. The summed E-state index contributed by atoms with van der Waals surface area (Å²) in [6, 6.07) is 6.94. The van der Waals surface area contributed by atoms with Gasteiger partial charge in [-0.05, 0) is 127 Å². The monoisotopic (exact) mass is 970 g/mol. The lowest BCUT2D eigenvalue weighted by molar-refractivity contribution is -0.222. The Morgan fingerprint density at radius 2 is 1.78 bits per heavy atom. The van der Waals surface area contributed by atoms with Crippen LogP contribution >= 0.6 is 0 Å². The molecule has 370 valence electrons. The number of halogens is 3. The Hall–Kier alpha value is -5.66. The van der Waals surface area contributed by atoms with Gasteiger partial charge in [0.05, 0.1) is 42.1 Å². The first-order valence-corrected chi connectivity index (χ1v) is 24.6. The molecule has 68 heavy (non-hydrogen) atoms. The molecular formula is C48H61F3N6O10S. The molecule has 20 heteroatoms. The topological polar surface area (TPSA) is 207 Å². The van der Waals surface area contributed by atoms with Gasteiger partial charge in [0, 0.05) is 17.7 Å². The third-order valence-electron chi connectivity index (χ3n) is 14.0. The Labute approximate surface area is 394 Å². The summed E-state index contributed by atoms with van der Waals surface area (Å²) in [4.78, 5) is 68.3. The maximum absolute atomic E-state index is 15.4. The standard InChI is InChI=1S/C48H61F3N6O10S/c1-9-29-20-28(4)12-10-11-13-31-24-47(31,43(60)55-68(63,64)46(7)18-19-46)54-40(58)38-23-34(26-56(38)42(59)39(29)57(44(61)62)45(5,6)48(49,50)51)67-41-35-16-14-32(65-8)21-30(35)22-37(53-41)36-17-15-33(25-52-36)66-27(2)3/h11,13-17,21-22,25,27-29,31,34,38-39H,9-10,12,18-20,23-24,26H2,1-8H3,(H,54,58)(H,55,60)(H,61,62)/b13-11-/t28-,29-,31-,34-,38+,39+,47-/m1/s1. The molecule has 0 radical (unpaired) electrons. The lowest BCUT2D eigenvalue weighted by atomic mass is 9.82. The van der Waals surface area contributed by atoms with Crippen LogP contribution in [-0.2, 0) is 24.4 Å². The van der Waals surface area contributed by atoms with Crippen LogP contribution in [0.1, 0.15) is 99.8 Å². The number of carbonyl (C=O) groups excluding carboxylic acids is 3. The number of carboxylic acid groups (broad SMARTS) is 1. The lowest BCUT2D eigenvalue weighted by Gasteiger charge is -2.46. The highest BCUT2D eigenvalue weighted by atomic mass is 32.2. The number of amides is 4. The van der Waals surface area contributed by atoms with Crippen molar-refractivity contribution in [2.75, 3.05) is 13.7 Å². The van der Waals surface area contributed by atoms with Crippen LogP contribution in [0.5, 0.6) is 17.4 Å². The van der Waals surface area contributed by atoms with Gasteiger partial charge in [0.15, 0.2) is 0 Å². The van der Waals surface area contributed by atoms with E-state index in [-0.39, 0.29) is 48.5 Å². The zero-order valence-electron chi connectivity index (χ0n) is 39.6. The highest BCUT2D eigenvalue weighted by Gasteiger charge is 2.64. The van der Waals surface area contributed by atoms with Gasteiger partial charge < -0.3 is 29.5 Å². The van der Waals surface area contributed by atoms with E-state index in [9.17, 15) is 41.1 Å². The second kappa shape index (κ2) is 18.7. The van der Waals surface area contributed by atoms with Crippen molar-refractivity contribution in [3.05, 3.63) is 54.7 Å². The van der Waals surface area contributed by atoms with E-state index in [1.165, 1.54) is 14.0 Å². The number of nitrogens with one attached hydrogen (secondary N) is 2. The van der Waals surface area contributed by atoms with Crippen LogP contribution in [0.3, 0.4) is 0 Å². The number of aromatic nitrogens is 2. The number of hydrogen-bond acceptors (Lipinski definition) is 11. The molecular weight excluding hydrogens is 910 g/mol. The largest absolute Gasteiger partial charge is 0.497 e. The first kappa shape index (κ1) is 50.2. The molecule has 0 spiro atoms. The highest BCUT2D eigenvalue weighted by molar-refractivity contribution is 7.91. The first-order chi connectivity index (χ1) is 31.8. The van der Waals surface area contributed by atoms with E-state index in [1.54, 1.807) is 55.6 Å². The SMILES string of the molecule is CC[C@@H]1C[C@H](C)CC/C=C\[C@@H]2C[C@@]2(C(=O)NS(=O)(=O)C2(C)CC2)NC(=O)[C@@H]2C[C@@H](Oc3nc(-c4ccc(OC(C)C)cn4)cc4cc(OC)ccc34)CN2C(=O)[C@H]1N(C(=O)O)C(C)(C)C(F)(F)F. The lowest BCUT2D eigenvalue weighted by Crippen LogP contribution is -2.66. The van der Waals surface area contributed by atoms with Gasteiger partial charge >= 0.3 is 12.3 Å². The van der Waals surface area contributed by atoms with Crippen LogP contribution in [-0.4, -0.2) is 117 Å². The molecule has 16 nitrogen and oxygen atoms in total. The molecule has 0 bridgehead atoms. The zero-order valence-corrected chi connectivity index (χ0v) is 40.4. The summed E-state index contributed by atoms with van der Waals surface area (Å²) in [5, 5.41) is 14.6. The molecule has 2 saturated carbocycles. The average Bonchev–Trinajstić information content (AvgIpc) is 4.15. The number of pyridine rings is 2. The minimum Gasteiger partial charge on any atom is -0.497 e. The van der Waals surface area contributed by atoms with Crippen molar-refractivity contribution >= 4 is 44.6 Å². The van der Waals surface area contributed by atoms with Gasteiger partial charge in [0.25, 0.3) is 5.91 Å². The number of allylic oxidation sites excluding steroid dienone is 1. The van der Waals surface area contributed by atoms with Gasteiger partial charge in [-0.15, -0.1) is 0 Å². The summed E-state index contributed by atoms with van der Waals surface area (Å²) in [7, 11) is -2.65. The number of carbonyl (C=O) groups is 4. The van der Waals surface area contributed by atoms with E-state index in [4.69, 9.17) is 19.2 Å². The van der Waals surface area contributed by atoms with Crippen LogP contribution < -0.4 is 24.2 Å². The molecule has 1 aromatic carbocycles. The van der Waals surface area contributed by atoms with Gasteiger partial charge in [0.1, 0.15) is 40.8 Å². The molecule has 3 N–H and O–H groups in total. The van der Waals surface area contributed by atoms with Crippen LogP contribution in [0.2, 0.25) is 0 Å². The normalized spacial score (nSPS) is 26.9. The van der Waals surface area contributed by atoms with E-state index in [1.807, 2.05) is 26.8 Å². The van der Waals surface area contributed by atoms with E-state index >= 15 is 4.79 Å². The minimum atomic E-state index is -5.12.